The Balaban J connectivity index is 2.31. The van der Waals surface area contributed by atoms with Crippen molar-refractivity contribution in [1.29, 1.82) is 0 Å². The second-order valence-electron chi connectivity index (χ2n) is 3.66. The molecular formula is C9H16N2O. The summed E-state index contributed by atoms with van der Waals surface area (Å²) in [4.78, 5) is 11.1. The Morgan fingerprint density at radius 3 is 2.50 bits per heavy atom. The number of hydrogen-bond acceptors (Lipinski definition) is 2. The van der Waals surface area contributed by atoms with Gasteiger partial charge in [0.2, 0.25) is 5.91 Å². The van der Waals surface area contributed by atoms with Gasteiger partial charge in [0, 0.05) is 11.6 Å². The van der Waals surface area contributed by atoms with E-state index in [1.165, 1.54) is 0 Å². The minimum atomic E-state index is 0.0787. The third-order valence-corrected chi connectivity index (χ3v) is 2.13. The van der Waals surface area contributed by atoms with Gasteiger partial charge in [-0.15, -0.1) is 0 Å². The van der Waals surface area contributed by atoms with Crippen molar-refractivity contribution >= 4 is 11.6 Å². The van der Waals surface area contributed by atoms with Crippen LogP contribution in [0, 0.1) is 11.8 Å². The van der Waals surface area contributed by atoms with E-state index in [9.17, 15) is 4.79 Å². The first-order valence-electron chi connectivity index (χ1n) is 4.45. The van der Waals surface area contributed by atoms with E-state index in [2.05, 4.69) is 24.4 Å². The summed E-state index contributed by atoms with van der Waals surface area (Å²) in [5.74, 6) is 0.730. The lowest BCUT2D eigenvalue weighted by Crippen LogP contribution is -2.21. The summed E-state index contributed by atoms with van der Waals surface area (Å²) in [6, 6.07) is 0. The molecule has 0 saturated heterocycles. The predicted octanol–water partition coefficient (Wildman–Crippen LogP) is 1.54. The maximum absolute atomic E-state index is 11.1. The largest absolute Gasteiger partial charge is 0.273 e. The van der Waals surface area contributed by atoms with Crippen LogP contribution in [0.15, 0.2) is 5.10 Å². The maximum atomic E-state index is 11.1. The lowest BCUT2D eigenvalue weighted by atomic mass is 10.1. The van der Waals surface area contributed by atoms with Crippen molar-refractivity contribution in [2.24, 2.45) is 16.9 Å². The van der Waals surface area contributed by atoms with Gasteiger partial charge in [-0.25, -0.2) is 5.43 Å². The van der Waals surface area contributed by atoms with Gasteiger partial charge in [0.05, 0.1) is 0 Å². The van der Waals surface area contributed by atoms with Gasteiger partial charge in [-0.05, 0) is 25.7 Å². The molecule has 1 aliphatic carbocycles. The van der Waals surface area contributed by atoms with E-state index in [4.69, 9.17) is 0 Å². The first kappa shape index (κ1) is 9.23. The highest BCUT2D eigenvalue weighted by Gasteiger charge is 2.29. The highest BCUT2D eigenvalue weighted by atomic mass is 16.2. The van der Waals surface area contributed by atoms with E-state index in [1.54, 1.807) is 0 Å². The van der Waals surface area contributed by atoms with Gasteiger partial charge in [0.25, 0.3) is 0 Å². The Hall–Kier alpha value is -0.860. The molecule has 0 aromatic heterocycles. The molecule has 0 unspecified atom stereocenters. The number of nitrogens with zero attached hydrogens (tertiary/aromatic N) is 1. The van der Waals surface area contributed by atoms with E-state index in [0.717, 1.165) is 18.6 Å². The molecular weight excluding hydrogens is 152 g/mol. The molecule has 0 aliphatic heterocycles. The summed E-state index contributed by atoms with van der Waals surface area (Å²) in [5.41, 5.74) is 3.55. The molecule has 0 heterocycles. The molecule has 1 N–H and O–H groups in total. The smallest absolute Gasteiger partial charge is 0.243 e. The second-order valence-corrected chi connectivity index (χ2v) is 3.66. The first-order chi connectivity index (χ1) is 5.61. The van der Waals surface area contributed by atoms with E-state index < -0.39 is 0 Å². The lowest BCUT2D eigenvalue weighted by Gasteiger charge is -2.03. The van der Waals surface area contributed by atoms with Crippen molar-refractivity contribution in [3.05, 3.63) is 0 Å². The fourth-order valence-electron chi connectivity index (χ4n) is 0.709. The molecule has 0 spiro atoms. The van der Waals surface area contributed by atoms with E-state index in [-0.39, 0.29) is 11.8 Å². The standard InChI is InChI=1S/C9H16N2O/c1-6(2)7(3)10-11-9(12)8-4-5-8/h6,8H,4-5H2,1-3H3,(H,11,12)/b10-7-. The van der Waals surface area contributed by atoms with Gasteiger partial charge in [0.15, 0.2) is 0 Å². The Morgan fingerprint density at radius 2 is 2.08 bits per heavy atom. The van der Waals surface area contributed by atoms with Gasteiger partial charge in [0.1, 0.15) is 0 Å². The van der Waals surface area contributed by atoms with E-state index in [1.807, 2.05) is 6.92 Å². The molecule has 1 aliphatic rings. The summed E-state index contributed by atoms with van der Waals surface area (Å²) in [6.07, 6.45) is 2.06. The topological polar surface area (TPSA) is 41.5 Å². The molecule has 3 heteroatoms. The number of carbonyl (C=O) groups excluding carboxylic acids is 1. The van der Waals surface area contributed by atoms with Crippen LogP contribution in [-0.2, 0) is 4.79 Å². The highest BCUT2D eigenvalue weighted by Crippen LogP contribution is 2.28. The van der Waals surface area contributed by atoms with E-state index in [0.29, 0.717) is 5.92 Å². The molecule has 1 saturated carbocycles. The van der Waals surface area contributed by atoms with Gasteiger partial charge in [-0.2, -0.15) is 5.10 Å². The monoisotopic (exact) mass is 168 g/mol. The molecule has 1 amide bonds. The van der Waals surface area contributed by atoms with Gasteiger partial charge >= 0.3 is 0 Å². The minimum Gasteiger partial charge on any atom is -0.273 e. The molecule has 1 rings (SSSR count). The number of hydrogen-bond donors (Lipinski definition) is 1. The zero-order chi connectivity index (χ0) is 9.14. The van der Waals surface area contributed by atoms with Gasteiger partial charge in [-0.3, -0.25) is 4.79 Å². The van der Waals surface area contributed by atoms with Crippen LogP contribution in [0.3, 0.4) is 0 Å². The normalized spacial score (nSPS) is 18.2. The third kappa shape index (κ3) is 2.64. The Labute approximate surface area is 73.2 Å². The first-order valence-corrected chi connectivity index (χ1v) is 4.45. The molecule has 12 heavy (non-hydrogen) atoms. The zero-order valence-corrected chi connectivity index (χ0v) is 7.92. The highest BCUT2D eigenvalue weighted by molar-refractivity contribution is 5.86. The summed E-state index contributed by atoms with van der Waals surface area (Å²) in [7, 11) is 0. The predicted molar refractivity (Wildman–Crippen MR) is 48.8 cm³/mol. The number of amides is 1. The van der Waals surface area contributed by atoms with Crippen LogP contribution in [0.25, 0.3) is 0 Å². The lowest BCUT2D eigenvalue weighted by molar-refractivity contribution is -0.122. The molecule has 1 fully saturated rings. The number of rotatable bonds is 3. The summed E-state index contributed by atoms with van der Waals surface area (Å²) in [6.45, 7) is 6.04. The molecule has 0 atom stereocenters. The molecule has 3 nitrogen and oxygen atoms in total. The van der Waals surface area contributed by atoms with E-state index >= 15 is 0 Å². The zero-order valence-electron chi connectivity index (χ0n) is 7.92. The summed E-state index contributed by atoms with van der Waals surface area (Å²) in [5, 5.41) is 4.00. The molecule has 0 aromatic carbocycles. The van der Waals surface area contributed by atoms with Crippen LogP contribution in [0.2, 0.25) is 0 Å². The van der Waals surface area contributed by atoms with Crippen molar-refractivity contribution in [1.82, 2.24) is 5.43 Å². The van der Waals surface area contributed by atoms with Gasteiger partial charge in [-0.1, -0.05) is 13.8 Å². The van der Waals surface area contributed by atoms with Crippen molar-refractivity contribution in [3.8, 4) is 0 Å². The molecule has 68 valence electrons. The number of carbonyl (C=O) groups is 1. The van der Waals surface area contributed by atoms with Crippen molar-refractivity contribution in [2.45, 2.75) is 33.6 Å². The van der Waals surface area contributed by atoms with Crippen LogP contribution in [0.4, 0.5) is 0 Å². The second kappa shape index (κ2) is 3.70. The number of hydrazone groups is 1. The maximum Gasteiger partial charge on any atom is 0.243 e. The van der Waals surface area contributed by atoms with Crippen LogP contribution in [0.5, 0.6) is 0 Å². The Kier molecular flexibility index (Phi) is 2.84. The average Bonchev–Trinajstić information content (AvgIpc) is 2.81. The summed E-state index contributed by atoms with van der Waals surface area (Å²) >= 11 is 0. The molecule has 0 radical (unpaired) electrons. The van der Waals surface area contributed by atoms with Crippen molar-refractivity contribution in [2.75, 3.05) is 0 Å². The van der Waals surface area contributed by atoms with Crippen molar-refractivity contribution in [3.63, 3.8) is 0 Å². The Bertz CT molecular complexity index is 205. The SMILES string of the molecule is C/C(=N/NC(=O)C1CC1)C(C)C. The Morgan fingerprint density at radius 1 is 1.50 bits per heavy atom. The molecule has 0 aromatic rings. The third-order valence-electron chi connectivity index (χ3n) is 2.13. The fourth-order valence-corrected chi connectivity index (χ4v) is 0.709. The van der Waals surface area contributed by atoms with Crippen LogP contribution in [-0.4, -0.2) is 11.6 Å². The fraction of sp³-hybridized carbons (Fsp3) is 0.778. The summed E-state index contributed by atoms with van der Waals surface area (Å²) < 4.78 is 0. The van der Waals surface area contributed by atoms with Crippen LogP contribution >= 0.6 is 0 Å². The van der Waals surface area contributed by atoms with Crippen molar-refractivity contribution < 1.29 is 4.79 Å². The van der Waals surface area contributed by atoms with Gasteiger partial charge < -0.3 is 0 Å². The quantitative estimate of drug-likeness (QED) is 0.504. The average molecular weight is 168 g/mol. The number of nitrogens with one attached hydrogen (secondary N) is 1. The van der Waals surface area contributed by atoms with Crippen LogP contribution in [0.1, 0.15) is 33.6 Å². The molecule has 0 bridgehead atoms. The minimum absolute atomic E-state index is 0.0787. The van der Waals surface area contributed by atoms with Crippen LogP contribution < -0.4 is 5.43 Å².